The molecule has 1 amide bonds. The first-order valence-electron chi connectivity index (χ1n) is 12.3. The molecule has 1 heterocycles. The zero-order chi connectivity index (χ0) is 28.4. The molecule has 208 valence electrons. The number of hydrogen-bond acceptors (Lipinski definition) is 5. The Kier molecular flexibility index (Phi) is 8.92. The van der Waals surface area contributed by atoms with E-state index < -0.39 is 20.0 Å². The highest BCUT2D eigenvalue weighted by atomic mass is 35.5. The third-order valence-corrected chi connectivity index (χ3v) is 10.6. The minimum absolute atomic E-state index is 0.0697. The highest BCUT2D eigenvalue weighted by Gasteiger charge is 2.32. The standard InChI is InChI=1S/C27H29Cl2N3O5S2/c1-18-5-3-6-19(2)26(18)31-39(36,37)22-11-9-21(10-12-22)30-27(33)20-13-15-32(16-14-20)38(34,35)17-23-24(28)7-4-8-25(23)29/h3-12,20,31H,13-17H2,1-2H3,(H,30,33). The van der Waals surface area contributed by atoms with Gasteiger partial charge in [-0.3, -0.25) is 9.52 Å². The summed E-state index contributed by atoms with van der Waals surface area (Å²) in [5.74, 6) is -0.935. The summed E-state index contributed by atoms with van der Waals surface area (Å²) in [6, 6.07) is 16.3. The normalized spacial score (nSPS) is 15.2. The van der Waals surface area contributed by atoms with Crippen LogP contribution in [-0.4, -0.2) is 40.1 Å². The van der Waals surface area contributed by atoms with Crippen LogP contribution in [0.15, 0.2) is 65.6 Å². The summed E-state index contributed by atoms with van der Waals surface area (Å²) in [4.78, 5) is 12.9. The van der Waals surface area contributed by atoms with Gasteiger partial charge in [0.1, 0.15) is 0 Å². The molecule has 0 bridgehead atoms. The van der Waals surface area contributed by atoms with E-state index in [1.54, 1.807) is 18.2 Å². The van der Waals surface area contributed by atoms with E-state index in [4.69, 9.17) is 23.2 Å². The first-order chi connectivity index (χ1) is 18.4. The number of benzene rings is 3. The smallest absolute Gasteiger partial charge is 0.261 e. The minimum Gasteiger partial charge on any atom is -0.326 e. The van der Waals surface area contributed by atoms with Crippen molar-refractivity contribution in [1.82, 2.24) is 4.31 Å². The Morgan fingerprint density at radius 3 is 1.97 bits per heavy atom. The van der Waals surface area contributed by atoms with Gasteiger partial charge in [-0.05, 0) is 74.2 Å². The molecule has 0 atom stereocenters. The largest absolute Gasteiger partial charge is 0.326 e. The fraction of sp³-hybridized carbons (Fsp3) is 0.296. The van der Waals surface area contributed by atoms with E-state index >= 15 is 0 Å². The van der Waals surface area contributed by atoms with Crippen molar-refractivity contribution in [2.75, 3.05) is 23.1 Å². The first kappa shape index (κ1) is 29.4. The van der Waals surface area contributed by atoms with E-state index in [9.17, 15) is 21.6 Å². The Balaban J connectivity index is 1.34. The summed E-state index contributed by atoms with van der Waals surface area (Å²) in [6.45, 7) is 4.06. The maximum atomic E-state index is 12.9. The van der Waals surface area contributed by atoms with Crippen LogP contribution in [0.5, 0.6) is 0 Å². The van der Waals surface area contributed by atoms with E-state index in [-0.39, 0.29) is 35.6 Å². The van der Waals surface area contributed by atoms with Crippen LogP contribution in [0.4, 0.5) is 11.4 Å². The average Bonchev–Trinajstić information content (AvgIpc) is 2.89. The van der Waals surface area contributed by atoms with Gasteiger partial charge >= 0.3 is 0 Å². The van der Waals surface area contributed by atoms with Crippen molar-refractivity contribution in [3.05, 3.63) is 87.4 Å². The molecule has 1 aliphatic heterocycles. The second-order valence-corrected chi connectivity index (χ2v) is 14.0. The molecule has 0 spiro atoms. The SMILES string of the molecule is Cc1cccc(C)c1NS(=O)(=O)c1ccc(NC(=O)C2CCN(S(=O)(=O)Cc3c(Cl)cccc3Cl)CC2)cc1. The number of para-hydroxylation sites is 1. The monoisotopic (exact) mass is 609 g/mol. The van der Waals surface area contributed by atoms with E-state index in [1.165, 1.54) is 28.6 Å². The van der Waals surface area contributed by atoms with Crippen molar-refractivity contribution >= 4 is 60.5 Å². The van der Waals surface area contributed by atoms with Gasteiger partial charge in [0.05, 0.1) is 16.3 Å². The van der Waals surface area contributed by atoms with Gasteiger partial charge in [-0.25, -0.2) is 21.1 Å². The van der Waals surface area contributed by atoms with Gasteiger partial charge in [-0.15, -0.1) is 0 Å². The molecule has 1 fully saturated rings. The zero-order valence-electron chi connectivity index (χ0n) is 21.4. The molecule has 4 rings (SSSR count). The van der Waals surface area contributed by atoms with E-state index in [0.717, 1.165) is 11.1 Å². The third-order valence-electron chi connectivity index (χ3n) is 6.76. The van der Waals surface area contributed by atoms with E-state index in [0.29, 0.717) is 39.8 Å². The minimum atomic E-state index is -3.81. The summed E-state index contributed by atoms with van der Waals surface area (Å²) >= 11 is 12.3. The highest BCUT2D eigenvalue weighted by molar-refractivity contribution is 7.92. The number of carbonyl (C=O) groups is 1. The van der Waals surface area contributed by atoms with Gasteiger partial charge in [-0.1, -0.05) is 47.5 Å². The molecular formula is C27H29Cl2N3O5S2. The predicted octanol–water partition coefficient (Wildman–Crippen LogP) is 5.59. The quantitative estimate of drug-likeness (QED) is 0.345. The number of piperidine rings is 1. The topological polar surface area (TPSA) is 113 Å². The molecule has 3 aromatic carbocycles. The lowest BCUT2D eigenvalue weighted by Gasteiger charge is -2.30. The van der Waals surface area contributed by atoms with Crippen LogP contribution in [0, 0.1) is 19.8 Å². The van der Waals surface area contributed by atoms with Crippen molar-refractivity contribution < 1.29 is 21.6 Å². The summed E-state index contributed by atoms with van der Waals surface area (Å²) in [7, 11) is -7.48. The van der Waals surface area contributed by atoms with Crippen LogP contribution >= 0.6 is 23.2 Å². The van der Waals surface area contributed by atoms with Gasteiger partial charge in [0.2, 0.25) is 15.9 Å². The Morgan fingerprint density at radius 1 is 0.872 bits per heavy atom. The molecule has 3 aromatic rings. The number of nitrogens with zero attached hydrogens (tertiary/aromatic N) is 1. The van der Waals surface area contributed by atoms with Crippen LogP contribution in [0.3, 0.4) is 0 Å². The molecule has 0 radical (unpaired) electrons. The number of anilines is 2. The average molecular weight is 611 g/mol. The van der Waals surface area contributed by atoms with Gasteiger partial charge in [0.15, 0.2) is 0 Å². The Hall–Kier alpha value is -2.63. The lowest BCUT2D eigenvalue weighted by molar-refractivity contribution is -0.120. The molecule has 0 unspecified atom stereocenters. The fourth-order valence-corrected chi connectivity index (χ4v) is 7.99. The number of nitrogens with one attached hydrogen (secondary N) is 2. The maximum Gasteiger partial charge on any atom is 0.261 e. The summed E-state index contributed by atoms with van der Waals surface area (Å²) in [5, 5.41) is 3.39. The number of rotatable bonds is 8. The lowest BCUT2D eigenvalue weighted by atomic mass is 9.97. The fourth-order valence-electron chi connectivity index (χ4n) is 4.47. The molecule has 0 aliphatic carbocycles. The summed E-state index contributed by atoms with van der Waals surface area (Å²) in [6.07, 6.45) is 0.709. The molecule has 2 N–H and O–H groups in total. The number of halogens is 2. The Morgan fingerprint density at radius 2 is 1.41 bits per heavy atom. The predicted molar refractivity (Wildman–Crippen MR) is 155 cm³/mol. The summed E-state index contributed by atoms with van der Waals surface area (Å²) in [5.41, 5.74) is 2.98. The highest BCUT2D eigenvalue weighted by Crippen LogP contribution is 2.29. The van der Waals surface area contributed by atoms with Crippen molar-refractivity contribution in [3.63, 3.8) is 0 Å². The number of aryl methyl sites for hydroxylation is 2. The number of hydrogen-bond donors (Lipinski definition) is 2. The van der Waals surface area contributed by atoms with Gasteiger partial charge < -0.3 is 5.32 Å². The van der Waals surface area contributed by atoms with Crippen molar-refractivity contribution in [3.8, 4) is 0 Å². The van der Waals surface area contributed by atoms with E-state index in [1.807, 2.05) is 32.0 Å². The molecule has 39 heavy (non-hydrogen) atoms. The first-order valence-corrected chi connectivity index (χ1v) is 16.1. The maximum absolute atomic E-state index is 12.9. The van der Waals surface area contributed by atoms with Crippen LogP contribution in [0.25, 0.3) is 0 Å². The van der Waals surface area contributed by atoms with Crippen LogP contribution in [0.1, 0.15) is 29.5 Å². The molecule has 0 saturated carbocycles. The van der Waals surface area contributed by atoms with Crippen molar-refractivity contribution in [2.24, 2.45) is 5.92 Å². The second kappa shape index (κ2) is 11.9. The van der Waals surface area contributed by atoms with Gasteiger partial charge in [0.25, 0.3) is 10.0 Å². The molecule has 8 nitrogen and oxygen atoms in total. The Labute approximate surface area is 239 Å². The van der Waals surface area contributed by atoms with Crippen LogP contribution in [0.2, 0.25) is 10.0 Å². The Bertz CT molecular complexity index is 1550. The second-order valence-electron chi connectivity index (χ2n) is 9.52. The molecule has 0 aromatic heterocycles. The zero-order valence-corrected chi connectivity index (χ0v) is 24.6. The van der Waals surface area contributed by atoms with Gasteiger partial charge in [-0.2, -0.15) is 0 Å². The molecule has 12 heteroatoms. The van der Waals surface area contributed by atoms with Crippen molar-refractivity contribution in [1.29, 1.82) is 0 Å². The summed E-state index contributed by atoms with van der Waals surface area (Å²) < 4.78 is 55.7. The van der Waals surface area contributed by atoms with Crippen LogP contribution in [-0.2, 0) is 30.6 Å². The number of sulfonamides is 2. The van der Waals surface area contributed by atoms with Crippen LogP contribution < -0.4 is 10.0 Å². The molecule has 1 saturated heterocycles. The van der Waals surface area contributed by atoms with E-state index in [2.05, 4.69) is 10.0 Å². The third kappa shape index (κ3) is 6.93. The lowest BCUT2D eigenvalue weighted by Crippen LogP contribution is -2.42. The van der Waals surface area contributed by atoms with Gasteiger partial charge in [0, 0.05) is 40.3 Å². The van der Waals surface area contributed by atoms with Crippen molar-refractivity contribution in [2.45, 2.75) is 37.3 Å². The molecular weight excluding hydrogens is 581 g/mol. The molecule has 1 aliphatic rings. The number of amides is 1. The number of carbonyl (C=O) groups excluding carboxylic acids is 1.